The summed E-state index contributed by atoms with van der Waals surface area (Å²) in [6.45, 7) is 4.46. The monoisotopic (exact) mass is 722 g/mol. The van der Waals surface area contributed by atoms with Gasteiger partial charge in [-0.3, -0.25) is 23.4 Å². The molecule has 272 valence electrons. The van der Waals surface area contributed by atoms with Crippen LogP contribution in [0.25, 0.3) is 28.1 Å². The largest absolute Gasteiger partial charge is 0.438 e. The maximum atomic E-state index is 14.7. The lowest BCUT2D eigenvalue weighted by Crippen LogP contribution is -2.49. The van der Waals surface area contributed by atoms with Crippen LogP contribution in [0.3, 0.4) is 0 Å². The topological polar surface area (TPSA) is 138 Å². The van der Waals surface area contributed by atoms with Crippen LogP contribution in [-0.4, -0.2) is 70.7 Å². The van der Waals surface area contributed by atoms with Crippen molar-refractivity contribution in [2.24, 2.45) is 5.92 Å². The van der Waals surface area contributed by atoms with Crippen LogP contribution in [0.4, 0.5) is 0 Å². The van der Waals surface area contributed by atoms with Gasteiger partial charge in [0.05, 0.1) is 17.6 Å². The Kier molecular flexibility index (Phi) is 7.48. The number of ether oxygens (including phenoxy) is 1. The molecule has 6 heterocycles. The van der Waals surface area contributed by atoms with Crippen molar-refractivity contribution in [2.45, 2.75) is 43.6 Å². The highest BCUT2D eigenvalue weighted by molar-refractivity contribution is 6.00. The summed E-state index contributed by atoms with van der Waals surface area (Å²) in [4.78, 5) is 45.5. The quantitative estimate of drug-likeness (QED) is 0.223. The number of imidazole rings is 1. The fraction of sp³-hybridized carbons (Fsp3) is 0.293. The fourth-order valence-corrected chi connectivity index (χ4v) is 8.65. The first-order valence-electron chi connectivity index (χ1n) is 18.5. The Labute approximate surface area is 309 Å². The summed E-state index contributed by atoms with van der Waals surface area (Å²) < 4.78 is 17.7. The van der Waals surface area contributed by atoms with Gasteiger partial charge in [-0.2, -0.15) is 5.10 Å². The van der Waals surface area contributed by atoms with Crippen LogP contribution in [0.5, 0.6) is 0 Å². The van der Waals surface area contributed by atoms with E-state index in [4.69, 9.17) is 14.4 Å². The number of para-hydroxylation sites is 2. The van der Waals surface area contributed by atoms with Crippen LogP contribution in [0, 0.1) is 5.92 Å². The van der Waals surface area contributed by atoms with Crippen molar-refractivity contribution in [3.05, 3.63) is 147 Å². The van der Waals surface area contributed by atoms with Gasteiger partial charge < -0.3 is 14.2 Å². The van der Waals surface area contributed by atoms with E-state index in [0.29, 0.717) is 42.8 Å². The number of aromatic nitrogens is 7. The average Bonchev–Trinajstić information content (AvgIpc) is 3.70. The molecule has 13 nitrogen and oxygen atoms in total. The number of likely N-dealkylation sites (tertiary alicyclic amines) is 1. The maximum Gasteiger partial charge on any atom is 0.438 e. The summed E-state index contributed by atoms with van der Waals surface area (Å²) in [7, 11) is 0. The number of nitrogens with one attached hydrogen (secondary N) is 1. The molecule has 0 radical (unpaired) electrons. The summed E-state index contributed by atoms with van der Waals surface area (Å²) in [5.74, 6) is 0.778. The number of nitrogens with zero attached hydrogens (tertiary/aromatic N) is 7. The molecule has 3 fully saturated rings. The van der Waals surface area contributed by atoms with E-state index in [2.05, 4.69) is 39.8 Å². The van der Waals surface area contributed by atoms with Crippen LogP contribution < -0.4 is 11.4 Å². The molecule has 1 amide bonds. The lowest BCUT2D eigenvalue weighted by molar-refractivity contribution is 0.0588. The van der Waals surface area contributed by atoms with Crippen LogP contribution in [-0.2, 0) is 10.3 Å². The molecule has 2 aliphatic heterocycles. The third-order valence-corrected chi connectivity index (χ3v) is 11.7. The Morgan fingerprint density at radius 2 is 1.57 bits per heavy atom. The minimum atomic E-state index is -0.722. The van der Waals surface area contributed by atoms with Gasteiger partial charge in [0.2, 0.25) is 0 Å². The van der Waals surface area contributed by atoms with E-state index in [1.54, 1.807) is 26.2 Å². The molecule has 13 heteroatoms. The van der Waals surface area contributed by atoms with Crippen molar-refractivity contribution in [3.8, 4) is 17.2 Å². The molecule has 2 saturated heterocycles. The second kappa shape index (κ2) is 12.4. The van der Waals surface area contributed by atoms with Crippen molar-refractivity contribution < 1.29 is 14.1 Å². The van der Waals surface area contributed by atoms with Crippen molar-refractivity contribution in [3.63, 3.8) is 0 Å². The Hall–Kier alpha value is -6.21. The van der Waals surface area contributed by atoms with Gasteiger partial charge in [0.15, 0.2) is 5.82 Å². The second-order valence-electron chi connectivity index (χ2n) is 14.8. The molecule has 1 saturated carbocycles. The van der Waals surface area contributed by atoms with E-state index in [1.165, 1.54) is 5.56 Å². The maximum absolute atomic E-state index is 14.7. The number of amides is 1. The molecule has 0 spiro atoms. The number of rotatable bonds is 8. The molecule has 1 N–H and O–H groups in total. The number of aromatic amines is 1. The first kappa shape index (κ1) is 32.4. The van der Waals surface area contributed by atoms with E-state index in [-0.39, 0.29) is 23.4 Å². The van der Waals surface area contributed by atoms with E-state index < -0.39 is 11.3 Å². The number of hydrogen-bond donors (Lipinski definition) is 1. The molecular formula is C41H38N8O5. The average molecular weight is 723 g/mol. The molecule has 3 aromatic carbocycles. The Bertz CT molecular complexity index is 2640. The summed E-state index contributed by atoms with van der Waals surface area (Å²) in [6, 6.07) is 27.7. The van der Waals surface area contributed by atoms with Gasteiger partial charge in [-0.25, -0.2) is 14.3 Å². The second-order valence-corrected chi connectivity index (χ2v) is 14.8. The normalized spacial score (nSPS) is 20.4. The predicted octanol–water partition coefficient (Wildman–Crippen LogP) is 5.36. The number of H-pyrrole nitrogens is 1. The molecule has 4 aromatic heterocycles. The lowest BCUT2D eigenvalue weighted by Gasteiger charge is -2.39. The van der Waals surface area contributed by atoms with E-state index in [1.807, 2.05) is 77.8 Å². The third-order valence-electron chi connectivity index (χ3n) is 11.7. The molecule has 7 aromatic rings. The summed E-state index contributed by atoms with van der Waals surface area (Å²) >= 11 is 0. The van der Waals surface area contributed by atoms with Crippen LogP contribution >= 0.6 is 0 Å². The van der Waals surface area contributed by atoms with Gasteiger partial charge in [-0.05, 0) is 79.1 Å². The Morgan fingerprint density at radius 1 is 0.870 bits per heavy atom. The zero-order chi connectivity index (χ0) is 36.6. The first-order chi connectivity index (χ1) is 26.4. The molecule has 0 bridgehead atoms. The molecular weight excluding hydrogens is 685 g/mol. The van der Waals surface area contributed by atoms with Gasteiger partial charge >= 0.3 is 11.4 Å². The highest BCUT2D eigenvalue weighted by atomic mass is 16.5. The van der Waals surface area contributed by atoms with Gasteiger partial charge in [0.25, 0.3) is 5.91 Å². The van der Waals surface area contributed by atoms with Crippen molar-refractivity contribution in [1.82, 2.24) is 38.5 Å². The van der Waals surface area contributed by atoms with Crippen molar-refractivity contribution in [2.75, 3.05) is 26.3 Å². The van der Waals surface area contributed by atoms with Crippen LogP contribution in [0.1, 0.15) is 65.5 Å². The van der Waals surface area contributed by atoms with E-state index in [9.17, 15) is 14.4 Å². The van der Waals surface area contributed by atoms with Crippen LogP contribution in [0.15, 0.2) is 118 Å². The zero-order valence-electron chi connectivity index (χ0n) is 29.7. The predicted molar refractivity (Wildman–Crippen MR) is 200 cm³/mol. The standard InChI is InChI=1S/C41H38N8O5/c1-26-22-41(26,38-43-39(51)54-44-38)48-34-13-12-28(27-14-18-53-19-15-27)20-29(34)21-35(48)37(50)45-24-30(25-45)33-23-42-49(32-10-6-3-7-11-32)36(33)47-17-16-46(40(47)52)31-8-4-2-5-9-31/h2-13,16-17,20-21,23,26-27,30H,14-15,18-19,22,24-25H2,1H3,(H,43,44,51)/t26-,41-/m0/s1. The summed E-state index contributed by atoms with van der Waals surface area (Å²) in [5.41, 5.74) is 4.21. The number of carbonyl (C=O) groups is 1. The van der Waals surface area contributed by atoms with E-state index >= 15 is 0 Å². The minimum absolute atomic E-state index is 0.0629. The van der Waals surface area contributed by atoms with E-state index in [0.717, 1.165) is 53.9 Å². The molecule has 54 heavy (non-hydrogen) atoms. The van der Waals surface area contributed by atoms with Gasteiger partial charge in [0, 0.05) is 61.1 Å². The van der Waals surface area contributed by atoms with Crippen molar-refractivity contribution >= 4 is 16.8 Å². The summed E-state index contributed by atoms with van der Waals surface area (Å²) in [6.07, 6.45) is 7.97. The number of fused-ring (bicyclic) bond motifs is 1. The highest BCUT2D eigenvalue weighted by Crippen LogP contribution is 2.56. The smallest absolute Gasteiger partial charge is 0.381 e. The number of benzene rings is 3. The Morgan fingerprint density at radius 3 is 2.26 bits per heavy atom. The zero-order valence-corrected chi connectivity index (χ0v) is 29.7. The van der Waals surface area contributed by atoms with Gasteiger partial charge in [-0.1, -0.05) is 54.5 Å². The molecule has 10 rings (SSSR count). The van der Waals surface area contributed by atoms with Gasteiger partial charge in [0.1, 0.15) is 17.1 Å². The highest BCUT2D eigenvalue weighted by Gasteiger charge is 2.59. The Balaban J connectivity index is 1.02. The lowest BCUT2D eigenvalue weighted by atomic mass is 9.91. The van der Waals surface area contributed by atoms with Crippen LogP contribution in [0.2, 0.25) is 0 Å². The summed E-state index contributed by atoms with van der Waals surface area (Å²) in [5, 5.41) is 9.89. The molecule has 2 atom stereocenters. The number of hydrogen-bond acceptors (Lipinski definition) is 7. The van der Waals surface area contributed by atoms with Crippen molar-refractivity contribution in [1.29, 1.82) is 0 Å². The third kappa shape index (κ3) is 5.06. The fourth-order valence-electron chi connectivity index (χ4n) is 8.65. The van der Waals surface area contributed by atoms with Gasteiger partial charge in [-0.15, -0.1) is 0 Å². The molecule has 0 unspecified atom stereocenters. The minimum Gasteiger partial charge on any atom is -0.381 e. The first-order valence-corrected chi connectivity index (χ1v) is 18.5. The molecule has 3 aliphatic rings. The molecule has 1 aliphatic carbocycles. The SMILES string of the molecule is C[C@H]1C[C@]1(c1noc(=O)[nH]1)n1c(C(=O)N2CC(c3cnn(-c4ccccc4)c3-n3ccn(-c4ccccc4)c3=O)C2)cc2cc(C3CCOCC3)ccc21. The number of carbonyl (C=O) groups excluding carboxylic acids is 1.